The maximum Gasteiger partial charge on any atom is 0.250 e. The van der Waals surface area contributed by atoms with E-state index in [-0.39, 0.29) is 0 Å². The van der Waals surface area contributed by atoms with E-state index in [1.165, 1.54) is 25.9 Å². The SMILES string of the molecule is CC1CC[NH+](CCCNS(=O)(=O)c2ccc(Cl)s2)CC1. The third kappa shape index (κ3) is 4.70. The molecule has 114 valence electrons. The van der Waals surface area contributed by atoms with Crippen molar-refractivity contribution in [2.45, 2.75) is 30.4 Å². The number of hydrogen-bond acceptors (Lipinski definition) is 3. The van der Waals surface area contributed by atoms with Crippen LogP contribution in [0.2, 0.25) is 4.34 Å². The zero-order valence-electron chi connectivity index (χ0n) is 11.7. The molecule has 1 fully saturated rings. The normalized spacial score (nSPS) is 23.9. The maximum atomic E-state index is 12.0. The lowest BCUT2D eigenvalue weighted by Crippen LogP contribution is -3.13. The van der Waals surface area contributed by atoms with Crippen molar-refractivity contribution in [1.29, 1.82) is 0 Å². The summed E-state index contributed by atoms with van der Waals surface area (Å²) in [5.74, 6) is 0.848. The number of thiophene rings is 1. The van der Waals surface area contributed by atoms with Crippen LogP contribution in [0.4, 0.5) is 0 Å². The molecule has 2 rings (SSSR count). The second kappa shape index (κ2) is 7.22. The standard InChI is InChI=1S/C13H21ClN2O2S2/c1-11-5-9-16(10-6-11)8-2-7-15-20(17,18)13-4-3-12(14)19-13/h3-4,11,15H,2,5-10H2,1H3/p+1. The lowest BCUT2D eigenvalue weighted by atomic mass is 9.99. The predicted octanol–water partition coefficient (Wildman–Crippen LogP) is 1.38. The van der Waals surface area contributed by atoms with Crippen LogP contribution in [0.1, 0.15) is 26.2 Å². The van der Waals surface area contributed by atoms with Gasteiger partial charge in [0.2, 0.25) is 10.0 Å². The zero-order chi connectivity index (χ0) is 14.6. The first-order chi connectivity index (χ1) is 9.47. The van der Waals surface area contributed by atoms with E-state index >= 15 is 0 Å². The highest BCUT2D eigenvalue weighted by Crippen LogP contribution is 2.25. The van der Waals surface area contributed by atoms with Crippen LogP contribution in [-0.2, 0) is 10.0 Å². The number of nitrogens with one attached hydrogen (secondary N) is 2. The van der Waals surface area contributed by atoms with Gasteiger partial charge in [-0.05, 0) is 30.9 Å². The highest BCUT2D eigenvalue weighted by Gasteiger charge is 2.19. The van der Waals surface area contributed by atoms with E-state index in [0.29, 0.717) is 15.1 Å². The highest BCUT2D eigenvalue weighted by molar-refractivity contribution is 7.91. The molecule has 0 radical (unpaired) electrons. The quantitative estimate of drug-likeness (QED) is 0.771. The minimum absolute atomic E-state index is 0.293. The number of piperidine rings is 1. The molecule has 0 unspecified atom stereocenters. The highest BCUT2D eigenvalue weighted by atomic mass is 35.5. The third-order valence-electron chi connectivity index (χ3n) is 3.79. The first kappa shape index (κ1) is 16.2. The molecule has 2 N–H and O–H groups in total. The Morgan fingerprint density at radius 2 is 2.10 bits per heavy atom. The number of quaternary nitrogens is 1. The Kier molecular flexibility index (Phi) is 5.86. The zero-order valence-corrected chi connectivity index (χ0v) is 14.1. The van der Waals surface area contributed by atoms with E-state index < -0.39 is 10.0 Å². The van der Waals surface area contributed by atoms with Crippen LogP contribution in [0.5, 0.6) is 0 Å². The monoisotopic (exact) mass is 337 g/mol. The van der Waals surface area contributed by atoms with Gasteiger partial charge in [-0.1, -0.05) is 18.5 Å². The van der Waals surface area contributed by atoms with Crippen molar-refractivity contribution in [3.8, 4) is 0 Å². The Hall–Kier alpha value is -0.140. The molecule has 0 amide bonds. The van der Waals surface area contributed by atoms with Crippen molar-refractivity contribution in [3.63, 3.8) is 0 Å². The Morgan fingerprint density at radius 1 is 1.40 bits per heavy atom. The molecule has 1 aliphatic rings. The van der Waals surface area contributed by atoms with Gasteiger partial charge in [0.05, 0.1) is 24.0 Å². The Morgan fingerprint density at radius 3 is 2.70 bits per heavy atom. The Balaban J connectivity index is 1.70. The van der Waals surface area contributed by atoms with E-state index in [0.717, 1.165) is 30.2 Å². The van der Waals surface area contributed by atoms with E-state index in [2.05, 4.69) is 11.6 Å². The first-order valence-corrected chi connectivity index (χ1v) is 9.74. The van der Waals surface area contributed by atoms with Crippen molar-refractivity contribution < 1.29 is 13.3 Å². The van der Waals surface area contributed by atoms with E-state index in [9.17, 15) is 8.42 Å². The topological polar surface area (TPSA) is 50.6 Å². The second-order valence-electron chi connectivity index (χ2n) is 5.49. The van der Waals surface area contributed by atoms with Crippen LogP contribution in [-0.4, -0.2) is 34.6 Å². The average Bonchev–Trinajstić information content (AvgIpc) is 2.84. The Labute approximate surface area is 130 Å². The number of hydrogen-bond donors (Lipinski definition) is 2. The number of rotatable bonds is 6. The van der Waals surface area contributed by atoms with Gasteiger partial charge in [-0.2, -0.15) is 0 Å². The molecule has 0 bridgehead atoms. The lowest BCUT2D eigenvalue weighted by molar-refractivity contribution is -0.906. The van der Waals surface area contributed by atoms with Crippen LogP contribution < -0.4 is 9.62 Å². The van der Waals surface area contributed by atoms with Crippen LogP contribution >= 0.6 is 22.9 Å². The fraction of sp³-hybridized carbons (Fsp3) is 0.692. The summed E-state index contributed by atoms with van der Waals surface area (Å²) in [6, 6.07) is 3.16. The van der Waals surface area contributed by atoms with Crippen LogP contribution in [0, 0.1) is 5.92 Å². The predicted molar refractivity (Wildman–Crippen MR) is 83.1 cm³/mol. The largest absolute Gasteiger partial charge is 0.335 e. The van der Waals surface area contributed by atoms with Crippen molar-refractivity contribution in [2.75, 3.05) is 26.2 Å². The molecule has 0 atom stereocenters. The summed E-state index contributed by atoms with van der Waals surface area (Å²) in [5.41, 5.74) is 0. The van der Waals surface area contributed by atoms with Gasteiger partial charge in [-0.3, -0.25) is 0 Å². The van der Waals surface area contributed by atoms with Crippen molar-refractivity contribution in [1.82, 2.24) is 4.72 Å². The van der Waals surface area contributed by atoms with Gasteiger partial charge in [0.15, 0.2) is 0 Å². The summed E-state index contributed by atoms with van der Waals surface area (Å²) in [7, 11) is -3.38. The molecule has 0 aliphatic carbocycles. The number of halogens is 1. The van der Waals surface area contributed by atoms with E-state index in [4.69, 9.17) is 11.6 Å². The molecule has 0 aromatic carbocycles. The summed E-state index contributed by atoms with van der Waals surface area (Å²) < 4.78 is 27.4. The van der Waals surface area contributed by atoms with Gasteiger partial charge in [0, 0.05) is 13.0 Å². The fourth-order valence-corrected chi connectivity index (χ4v) is 5.08. The van der Waals surface area contributed by atoms with Crippen molar-refractivity contribution in [2.24, 2.45) is 5.92 Å². The molecule has 1 aliphatic heterocycles. The summed E-state index contributed by atoms with van der Waals surface area (Å²) in [4.78, 5) is 1.60. The smallest absolute Gasteiger partial charge is 0.250 e. The van der Waals surface area contributed by atoms with E-state index in [1.54, 1.807) is 17.0 Å². The van der Waals surface area contributed by atoms with Crippen molar-refractivity contribution in [3.05, 3.63) is 16.5 Å². The number of likely N-dealkylation sites (tertiary alicyclic amines) is 1. The maximum absolute atomic E-state index is 12.0. The summed E-state index contributed by atoms with van der Waals surface area (Å²) in [5, 5.41) is 0. The van der Waals surface area contributed by atoms with Gasteiger partial charge < -0.3 is 4.90 Å². The molecule has 1 aromatic rings. The average molecular weight is 338 g/mol. The van der Waals surface area contributed by atoms with Gasteiger partial charge in [0.1, 0.15) is 4.21 Å². The lowest BCUT2D eigenvalue weighted by Gasteiger charge is -2.27. The molecular weight excluding hydrogens is 316 g/mol. The minimum atomic E-state index is -3.38. The van der Waals surface area contributed by atoms with Gasteiger partial charge in [-0.15, -0.1) is 11.3 Å². The second-order valence-corrected chi connectivity index (χ2v) is 9.20. The van der Waals surface area contributed by atoms with Gasteiger partial charge in [-0.25, -0.2) is 13.1 Å². The minimum Gasteiger partial charge on any atom is -0.335 e. The van der Waals surface area contributed by atoms with Gasteiger partial charge >= 0.3 is 0 Å². The molecular formula is C13H22ClN2O2S2+. The molecule has 7 heteroatoms. The van der Waals surface area contributed by atoms with Gasteiger partial charge in [0.25, 0.3) is 0 Å². The summed E-state index contributed by atoms with van der Waals surface area (Å²) in [6.07, 6.45) is 3.45. The fourth-order valence-electron chi connectivity index (χ4n) is 2.48. The molecule has 0 saturated carbocycles. The summed E-state index contributed by atoms with van der Waals surface area (Å²) >= 11 is 6.85. The van der Waals surface area contributed by atoms with Crippen LogP contribution in [0.25, 0.3) is 0 Å². The van der Waals surface area contributed by atoms with Crippen molar-refractivity contribution >= 4 is 33.0 Å². The molecule has 2 heterocycles. The molecule has 20 heavy (non-hydrogen) atoms. The third-order valence-corrected chi connectivity index (χ3v) is 6.98. The molecule has 0 spiro atoms. The number of sulfonamides is 1. The summed E-state index contributed by atoms with van der Waals surface area (Å²) in [6.45, 7) is 6.28. The van der Waals surface area contributed by atoms with Crippen LogP contribution in [0.15, 0.2) is 16.3 Å². The molecule has 1 saturated heterocycles. The molecule has 4 nitrogen and oxygen atoms in total. The van der Waals surface area contributed by atoms with E-state index in [1.807, 2.05) is 0 Å². The first-order valence-electron chi connectivity index (χ1n) is 7.06. The Bertz CT molecular complexity index is 522. The van der Waals surface area contributed by atoms with Crippen LogP contribution in [0.3, 0.4) is 0 Å². The molecule has 1 aromatic heterocycles.